The molecule has 0 aliphatic carbocycles. The van der Waals surface area contributed by atoms with Crippen molar-refractivity contribution in [3.05, 3.63) is 47.3 Å². The molecule has 1 heterocycles. The SMILES string of the molecule is Cc1cc(CNS(=O)(=O)c2cccc(CN)c2)on1. The van der Waals surface area contributed by atoms with Crippen molar-refractivity contribution in [1.29, 1.82) is 0 Å². The van der Waals surface area contributed by atoms with Crippen LogP contribution in [0.3, 0.4) is 0 Å². The summed E-state index contributed by atoms with van der Waals surface area (Å²) in [4.78, 5) is 0.187. The minimum Gasteiger partial charge on any atom is -0.360 e. The van der Waals surface area contributed by atoms with Gasteiger partial charge in [-0.1, -0.05) is 17.3 Å². The van der Waals surface area contributed by atoms with Crippen molar-refractivity contribution in [2.75, 3.05) is 0 Å². The fraction of sp³-hybridized carbons (Fsp3) is 0.250. The van der Waals surface area contributed by atoms with Crippen LogP contribution in [0.5, 0.6) is 0 Å². The number of hydrogen-bond donors (Lipinski definition) is 2. The molecule has 0 spiro atoms. The van der Waals surface area contributed by atoms with Crippen molar-refractivity contribution in [3.63, 3.8) is 0 Å². The maximum Gasteiger partial charge on any atom is 0.240 e. The molecule has 3 N–H and O–H groups in total. The lowest BCUT2D eigenvalue weighted by molar-refractivity contribution is 0.377. The van der Waals surface area contributed by atoms with E-state index in [4.69, 9.17) is 10.3 Å². The molecule has 2 rings (SSSR count). The number of aromatic nitrogens is 1. The molecule has 0 amide bonds. The molecule has 102 valence electrons. The molecule has 1 aromatic heterocycles. The van der Waals surface area contributed by atoms with Gasteiger partial charge >= 0.3 is 0 Å². The van der Waals surface area contributed by atoms with E-state index >= 15 is 0 Å². The molecular weight excluding hydrogens is 266 g/mol. The summed E-state index contributed by atoms with van der Waals surface area (Å²) in [6.07, 6.45) is 0. The lowest BCUT2D eigenvalue weighted by atomic mass is 10.2. The van der Waals surface area contributed by atoms with Crippen molar-refractivity contribution in [2.45, 2.75) is 24.9 Å². The van der Waals surface area contributed by atoms with Gasteiger partial charge in [0.15, 0.2) is 5.76 Å². The number of nitrogens with one attached hydrogen (secondary N) is 1. The lowest BCUT2D eigenvalue weighted by Gasteiger charge is -2.06. The van der Waals surface area contributed by atoms with Gasteiger partial charge in [0.05, 0.1) is 17.1 Å². The van der Waals surface area contributed by atoms with Gasteiger partial charge in [0.25, 0.3) is 0 Å². The van der Waals surface area contributed by atoms with Crippen molar-refractivity contribution < 1.29 is 12.9 Å². The zero-order valence-corrected chi connectivity index (χ0v) is 11.3. The first-order valence-electron chi connectivity index (χ1n) is 5.72. The molecule has 0 atom stereocenters. The third-order valence-corrected chi connectivity index (χ3v) is 3.96. The van der Waals surface area contributed by atoms with Crippen molar-refractivity contribution >= 4 is 10.0 Å². The number of rotatable bonds is 5. The zero-order chi connectivity index (χ0) is 13.9. The summed E-state index contributed by atoms with van der Waals surface area (Å²) in [6.45, 7) is 2.13. The van der Waals surface area contributed by atoms with E-state index in [1.165, 1.54) is 6.07 Å². The van der Waals surface area contributed by atoms with Crippen LogP contribution < -0.4 is 10.5 Å². The second kappa shape index (κ2) is 5.52. The summed E-state index contributed by atoms with van der Waals surface area (Å²) in [6, 6.07) is 8.19. The molecule has 6 nitrogen and oxygen atoms in total. The quantitative estimate of drug-likeness (QED) is 0.849. The minimum atomic E-state index is -3.58. The summed E-state index contributed by atoms with van der Waals surface area (Å²) in [5.41, 5.74) is 6.96. The van der Waals surface area contributed by atoms with Gasteiger partial charge in [0.1, 0.15) is 0 Å². The van der Waals surface area contributed by atoms with Crippen LogP contribution >= 0.6 is 0 Å². The Labute approximate surface area is 111 Å². The summed E-state index contributed by atoms with van der Waals surface area (Å²) in [5, 5.41) is 3.69. The molecule has 0 fully saturated rings. The van der Waals surface area contributed by atoms with Crippen LogP contribution in [-0.2, 0) is 23.1 Å². The van der Waals surface area contributed by atoms with Crippen molar-refractivity contribution in [2.24, 2.45) is 5.73 Å². The summed E-state index contributed by atoms with van der Waals surface area (Å²) < 4.78 is 31.5. The summed E-state index contributed by atoms with van der Waals surface area (Å²) in [5.74, 6) is 0.469. The highest BCUT2D eigenvalue weighted by Gasteiger charge is 2.15. The molecule has 0 radical (unpaired) electrons. The minimum absolute atomic E-state index is 0.0655. The highest BCUT2D eigenvalue weighted by molar-refractivity contribution is 7.89. The fourth-order valence-electron chi connectivity index (χ4n) is 1.59. The molecule has 0 unspecified atom stereocenters. The lowest BCUT2D eigenvalue weighted by Crippen LogP contribution is -2.23. The Morgan fingerprint density at radius 3 is 2.79 bits per heavy atom. The second-order valence-corrected chi connectivity index (χ2v) is 5.88. The molecule has 2 aromatic rings. The highest BCUT2D eigenvalue weighted by Crippen LogP contribution is 2.12. The van der Waals surface area contributed by atoms with E-state index in [-0.39, 0.29) is 11.4 Å². The molecular formula is C12H15N3O3S. The van der Waals surface area contributed by atoms with E-state index in [1.807, 2.05) is 0 Å². The van der Waals surface area contributed by atoms with Crippen LogP contribution in [0.1, 0.15) is 17.0 Å². The van der Waals surface area contributed by atoms with E-state index in [1.54, 1.807) is 31.2 Å². The van der Waals surface area contributed by atoms with E-state index < -0.39 is 10.0 Å². The number of benzene rings is 1. The predicted molar refractivity (Wildman–Crippen MR) is 69.6 cm³/mol. The van der Waals surface area contributed by atoms with Gasteiger partial charge in [0.2, 0.25) is 10.0 Å². The van der Waals surface area contributed by atoms with Gasteiger partial charge in [-0.25, -0.2) is 13.1 Å². The Kier molecular flexibility index (Phi) is 3.98. The Balaban J connectivity index is 2.13. The number of nitrogens with zero attached hydrogens (tertiary/aromatic N) is 1. The highest BCUT2D eigenvalue weighted by atomic mass is 32.2. The molecule has 19 heavy (non-hydrogen) atoms. The van der Waals surface area contributed by atoms with E-state index in [2.05, 4.69) is 9.88 Å². The maximum atomic E-state index is 12.1. The van der Waals surface area contributed by atoms with Crippen LogP contribution in [-0.4, -0.2) is 13.6 Å². The average molecular weight is 281 g/mol. The normalized spacial score (nSPS) is 11.7. The number of nitrogens with two attached hydrogens (primary N) is 1. The number of hydrogen-bond acceptors (Lipinski definition) is 5. The van der Waals surface area contributed by atoms with Crippen LogP contribution in [0, 0.1) is 6.92 Å². The predicted octanol–water partition coefficient (Wildman–Crippen LogP) is 0.920. The number of aryl methyl sites for hydroxylation is 1. The van der Waals surface area contributed by atoms with Gasteiger partial charge < -0.3 is 10.3 Å². The van der Waals surface area contributed by atoms with Crippen LogP contribution in [0.2, 0.25) is 0 Å². The van der Waals surface area contributed by atoms with Gasteiger partial charge in [-0.3, -0.25) is 0 Å². The van der Waals surface area contributed by atoms with Gasteiger partial charge in [0, 0.05) is 12.6 Å². The first-order chi connectivity index (χ1) is 9.01. The molecule has 0 aliphatic heterocycles. The van der Waals surface area contributed by atoms with E-state index in [9.17, 15) is 8.42 Å². The van der Waals surface area contributed by atoms with Crippen molar-refractivity contribution in [1.82, 2.24) is 9.88 Å². The Hall–Kier alpha value is -1.70. The average Bonchev–Trinajstić information content (AvgIpc) is 2.82. The van der Waals surface area contributed by atoms with Gasteiger partial charge in [-0.05, 0) is 24.6 Å². The van der Waals surface area contributed by atoms with Crippen LogP contribution in [0.4, 0.5) is 0 Å². The third kappa shape index (κ3) is 3.40. The molecule has 0 aliphatic rings. The molecule has 0 saturated heterocycles. The molecule has 0 saturated carbocycles. The van der Waals surface area contributed by atoms with Crippen LogP contribution in [0.25, 0.3) is 0 Å². The third-order valence-electron chi connectivity index (χ3n) is 2.56. The fourth-order valence-corrected chi connectivity index (χ4v) is 2.65. The standard InChI is InChI=1S/C12H15N3O3S/c1-9-5-11(18-15-9)8-14-19(16,17)12-4-2-3-10(6-12)7-13/h2-6,14H,7-8,13H2,1H3. The topological polar surface area (TPSA) is 98.2 Å². The first-order valence-corrected chi connectivity index (χ1v) is 7.20. The molecule has 0 bridgehead atoms. The Morgan fingerprint density at radius 2 is 2.16 bits per heavy atom. The zero-order valence-electron chi connectivity index (χ0n) is 10.5. The van der Waals surface area contributed by atoms with Crippen molar-refractivity contribution in [3.8, 4) is 0 Å². The second-order valence-electron chi connectivity index (χ2n) is 4.11. The number of sulfonamides is 1. The maximum absolute atomic E-state index is 12.1. The smallest absolute Gasteiger partial charge is 0.240 e. The summed E-state index contributed by atoms with van der Waals surface area (Å²) in [7, 11) is -3.58. The Bertz CT molecular complexity index is 664. The van der Waals surface area contributed by atoms with E-state index in [0.29, 0.717) is 18.0 Å². The Morgan fingerprint density at radius 1 is 1.37 bits per heavy atom. The monoisotopic (exact) mass is 281 g/mol. The van der Waals surface area contributed by atoms with Gasteiger partial charge in [-0.15, -0.1) is 0 Å². The van der Waals surface area contributed by atoms with Gasteiger partial charge in [-0.2, -0.15) is 0 Å². The largest absolute Gasteiger partial charge is 0.360 e. The molecule has 1 aromatic carbocycles. The van der Waals surface area contributed by atoms with E-state index in [0.717, 1.165) is 5.56 Å². The summed E-state index contributed by atoms with van der Waals surface area (Å²) >= 11 is 0. The first kappa shape index (κ1) is 13.7. The molecule has 7 heteroatoms. The van der Waals surface area contributed by atoms with Crippen LogP contribution in [0.15, 0.2) is 39.8 Å².